The zero-order valence-corrected chi connectivity index (χ0v) is 11.7. The third-order valence-electron chi connectivity index (χ3n) is 3.10. The molecule has 0 saturated heterocycles. The first-order chi connectivity index (χ1) is 9.54. The topological polar surface area (TPSA) is 49.5 Å². The van der Waals surface area contributed by atoms with Crippen molar-refractivity contribution in [2.24, 2.45) is 0 Å². The lowest BCUT2D eigenvalue weighted by Crippen LogP contribution is -2.20. The molecule has 1 N–H and O–H groups in total. The average molecular weight is 278 g/mol. The molecule has 0 aliphatic rings. The monoisotopic (exact) mass is 278 g/mol. The Morgan fingerprint density at radius 3 is 2.75 bits per heavy atom. The van der Waals surface area contributed by atoms with Gasteiger partial charge < -0.3 is 9.52 Å². The van der Waals surface area contributed by atoms with Crippen LogP contribution >= 0.6 is 0 Å². The van der Waals surface area contributed by atoms with Crippen molar-refractivity contribution in [2.75, 3.05) is 13.6 Å². The molecule has 5 heteroatoms. The first-order valence-electron chi connectivity index (χ1n) is 6.58. The lowest BCUT2D eigenvalue weighted by atomic mass is 10.1. The summed E-state index contributed by atoms with van der Waals surface area (Å²) in [6.45, 7) is 3.30. The van der Waals surface area contributed by atoms with Crippen LogP contribution in [-0.2, 0) is 6.54 Å². The van der Waals surface area contributed by atoms with Gasteiger partial charge >= 0.3 is 0 Å². The predicted octanol–water partition coefficient (Wildman–Crippen LogP) is 2.68. The highest BCUT2D eigenvalue weighted by Crippen LogP contribution is 2.15. The Hall–Kier alpha value is -1.72. The third kappa shape index (κ3) is 4.15. The van der Waals surface area contributed by atoms with E-state index in [0.717, 1.165) is 17.7 Å². The summed E-state index contributed by atoms with van der Waals surface area (Å²) >= 11 is 0. The minimum absolute atomic E-state index is 0.397. The van der Waals surface area contributed by atoms with E-state index in [2.05, 4.69) is 9.88 Å². The van der Waals surface area contributed by atoms with E-state index in [9.17, 15) is 9.50 Å². The molecule has 0 bridgehead atoms. The molecule has 20 heavy (non-hydrogen) atoms. The standard InChI is InChI=1S/C15H19FN2O2/c1-11-3-5-13(20-11)10-18(2)8-7-15(19)14-6-4-12(16)9-17-14/h3-6,9,15,19H,7-8,10H2,1-2H3. The van der Waals surface area contributed by atoms with Gasteiger partial charge in [-0.05, 0) is 44.7 Å². The molecule has 0 aliphatic carbocycles. The zero-order chi connectivity index (χ0) is 14.5. The molecule has 1 unspecified atom stereocenters. The van der Waals surface area contributed by atoms with E-state index in [4.69, 9.17) is 4.42 Å². The number of pyridine rings is 1. The van der Waals surface area contributed by atoms with Crippen molar-refractivity contribution in [3.63, 3.8) is 0 Å². The van der Waals surface area contributed by atoms with Crippen LogP contribution in [0.2, 0.25) is 0 Å². The summed E-state index contributed by atoms with van der Waals surface area (Å²) < 4.78 is 18.2. The van der Waals surface area contributed by atoms with Gasteiger partial charge in [-0.25, -0.2) is 4.39 Å². The molecule has 108 valence electrons. The molecular weight excluding hydrogens is 259 g/mol. The van der Waals surface area contributed by atoms with Crippen LogP contribution in [0.4, 0.5) is 4.39 Å². The lowest BCUT2D eigenvalue weighted by Gasteiger charge is -2.17. The molecule has 0 aromatic carbocycles. The molecule has 0 spiro atoms. The Labute approximate surface area is 117 Å². The second-order valence-electron chi connectivity index (χ2n) is 4.96. The number of aliphatic hydroxyl groups is 1. The minimum Gasteiger partial charge on any atom is -0.465 e. The Morgan fingerprint density at radius 1 is 1.35 bits per heavy atom. The maximum Gasteiger partial charge on any atom is 0.141 e. The minimum atomic E-state index is -0.684. The Balaban J connectivity index is 1.80. The number of furan rings is 1. The molecule has 0 radical (unpaired) electrons. The van der Waals surface area contributed by atoms with E-state index in [1.807, 2.05) is 26.1 Å². The van der Waals surface area contributed by atoms with Gasteiger partial charge in [0.2, 0.25) is 0 Å². The van der Waals surface area contributed by atoms with Gasteiger partial charge in [0.25, 0.3) is 0 Å². The van der Waals surface area contributed by atoms with Gasteiger partial charge in [0.05, 0.1) is 24.5 Å². The van der Waals surface area contributed by atoms with Crippen molar-refractivity contribution >= 4 is 0 Å². The zero-order valence-electron chi connectivity index (χ0n) is 11.7. The average Bonchev–Trinajstić information content (AvgIpc) is 2.82. The van der Waals surface area contributed by atoms with Crippen molar-refractivity contribution in [2.45, 2.75) is 26.0 Å². The molecular formula is C15H19FN2O2. The molecule has 0 aliphatic heterocycles. The van der Waals surface area contributed by atoms with Crippen LogP contribution in [0.5, 0.6) is 0 Å². The number of halogens is 1. The number of nitrogens with zero attached hydrogens (tertiary/aromatic N) is 2. The number of hydrogen-bond acceptors (Lipinski definition) is 4. The van der Waals surface area contributed by atoms with Gasteiger partial charge in [0.15, 0.2) is 0 Å². The highest BCUT2D eigenvalue weighted by molar-refractivity contribution is 5.08. The van der Waals surface area contributed by atoms with Crippen molar-refractivity contribution in [3.8, 4) is 0 Å². The van der Waals surface area contributed by atoms with Gasteiger partial charge in [0.1, 0.15) is 17.3 Å². The molecule has 1 atom stereocenters. The second-order valence-corrected chi connectivity index (χ2v) is 4.96. The van der Waals surface area contributed by atoms with E-state index >= 15 is 0 Å². The van der Waals surface area contributed by atoms with Crippen molar-refractivity contribution in [1.82, 2.24) is 9.88 Å². The van der Waals surface area contributed by atoms with Crippen molar-refractivity contribution < 1.29 is 13.9 Å². The number of aryl methyl sites for hydroxylation is 1. The second kappa shape index (κ2) is 6.63. The van der Waals surface area contributed by atoms with Gasteiger partial charge in [0, 0.05) is 6.54 Å². The van der Waals surface area contributed by atoms with Crippen LogP contribution in [0.1, 0.15) is 29.7 Å². The molecule has 2 aromatic rings. The maximum atomic E-state index is 12.7. The number of hydrogen-bond donors (Lipinski definition) is 1. The fraction of sp³-hybridized carbons (Fsp3) is 0.400. The molecule has 0 fully saturated rings. The molecule has 0 saturated carbocycles. The highest BCUT2D eigenvalue weighted by Gasteiger charge is 2.11. The first kappa shape index (κ1) is 14.7. The lowest BCUT2D eigenvalue weighted by molar-refractivity contribution is 0.141. The van der Waals surface area contributed by atoms with Crippen LogP contribution in [0.25, 0.3) is 0 Å². The van der Waals surface area contributed by atoms with E-state index in [1.165, 1.54) is 12.1 Å². The molecule has 2 aromatic heterocycles. The van der Waals surface area contributed by atoms with Crippen molar-refractivity contribution in [1.29, 1.82) is 0 Å². The summed E-state index contributed by atoms with van der Waals surface area (Å²) in [5.74, 6) is 1.40. The van der Waals surface area contributed by atoms with E-state index in [0.29, 0.717) is 25.2 Å². The molecule has 4 nitrogen and oxygen atoms in total. The number of aliphatic hydroxyl groups excluding tert-OH is 1. The quantitative estimate of drug-likeness (QED) is 0.882. The normalized spacial score (nSPS) is 12.8. The summed E-state index contributed by atoms with van der Waals surface area (Å²) in [5.41, 5.74) is 0.494. The SMILES string of the molecule is Cc1ccc(CN(C)CCC(O)c2ccc(F)cn2)o1. The van der Waals surface area contributed by atoms with E-state index < -0.39 is 11.9 Å². The highest BCUT2D eigenvalue weighted by atomic mass is 19.1. The van der Waals surface area contributed by atoms with E-state index in [-0.39, 0.29) is 0 Å². The first-order valence-corrected chi connectivity index (χ1v) is 6.58. The molecule has 2 rings (SSSR count). The largest absolute Gasteiger partial charge is 0.465 e. The predicted molar refractivity (Wildman–Crippen MR) is 73.6 cm³/mol. The van der Waals surface area contributed by atoms with E-state index in [1.54, 1.807) is 0 Å². The molecule has 2 heterocycles. The Kier molecular flexibility index (Phi) is 4.87. The smallest absolute Gasteiger partial charge is 0.141 e. The number of rotatable bonds is 6. The summed E-state index contributed by atoms with van der Waals surface area (Å²) in [6.07, 6.45) is 0.972. The van der Waals surface area contributed by atoms with Crippen molar-refractivity contribution in [3.05, 3.63) is 53.5 Å². The van der Waals surface area contributed by atoms with Gasteiger partial charge in [-0.15, -0.1) is 0 Å². The van der Waals surface area contributed by atoms with Crippen LogP contribution in [0.3, 0.4) is 0 Å². The molecule has 0 amide bonds. The fourth-order valence-electron chi connectivity index (χ4n) is 1.99. The van der Waals surface area contributed by atoms with Crippen LogP contribution in [-0.4, -0.2) is 28.6 Å². The van der Waals surface area contributed by atoms with Crippen LogP contribution < -0.4 is 0 Å². The third-order valence-corrected chi connectivity index (χ3v) is 3.10. The van der Waals surface area contributed by atoms with Gasteiger partial charge in [-0.1, -0.05) is 0 Å². The maximum absolute atomic E-state index is 12.7. The van der Waals surface area contributed by atoms with Crippen LogP contribution in [0.15, 0.2) is 34.9 Å². The summed E-state index contributed by atoms with van der Waals surface area (Å²) in [4.78, 5) is 5.94. The number of aromatic nitrogens is 1. The summed E-state index contributed by atoms with van der Waals surface area (Å²) in [5, 5.41) is 10.00. The summed E-state index contributed by atoms with van der Waals surface area (Å²) in [7, 11) is 1.96. The Morgan fingerprint density at radius 2 is 2.15 bits per heavy atom. The van der Waals surface area contributed by atoms with Gasteiger partial charge in [-0.3, -0.25) is 9.88 Å². The fourth-order valence-corrected chi connectivity index (χ4v) is 1.99. The Bertz CT molecular complexity index is 539. The summed E-state index contributed by atoms with van der Waals surface area (Å²) in [6, 6.07) is 6.70. The van der Waals surface area contributed by atoms with Gasteiger partial charge in [-0.2, -0.15) is 0 Å². The van der Waals surface area contributed by atoms with Crippen LogP contribution in [0, 0.1) is 12.7 Å².